The molecule has 0 saturated heterocycles. The van der Waals surface area contributed by atoms with Crippen LogP contribution in [0.4, 0.5) is 11.4 Å². The van der Waals surface area contributed by atoms with Crippen molar-refractivity contribution < 1.29 is 19.1 Å². The van der Waals surface area contributed by atoms with Crippen molar-refractivity contribution in [3.8, 4) is 11.5 Å². The van der Waals surface area contributed by atoms with Crippen molar-refractivity contribution in [2.24, 2.45) is 0 Å². The Bertz CT molecular complexity index is 969. The van der Waals surface area contributed by atoms with E-state index in [1.165, 1.54) is 0 Å². The number of hydrogen-bond donors (Lipinski definition) is 3. The van der Waals surface area contributed by atoms with Gasteiger partial charge in [-0.2, -0.15) is 0 Å². The van der Waals surface area contributed by atoms with E-state index in [9.17, 15) is 9.59 Å². The number of rotatable bonds is 8. The summed E-state index contributed by atoms with van der Waals surface area (Å²) < 4.78 is 11.4. The second kappa shape index (κ2) is 9.45. The first-order chi connectivity index (χ1) is 14.1. The van der Waals surface area contributed by atoms with Crippen LogP contribution < -0.4 is 20.1 Å². The molecule has 0 fully saturated rings. The highest BCUT2D eigenvalue weighted by atomic mass is 16.5. The van der Waals surface area contributed by atoms with Gasteiger partial charge in [-0.25, -0.2) is 0 Å². The van der Waals surface area contributed by atoms with Crippen molar-refractivity contribution in [1.29, 1.82) is 0 Å². The van der Waals surface area contributed by atoms with E-state index >= 15 is 0 Å². The molecule has 3 rings (SSSR count). The molecule has 29 heavy (non-hydrogen) atoms. The summed E-state index contributed by atoms with van der Waals surface area (Å²) in [7, 11) is 0. The van der Waals surface area contributed by atoms with Crippen molar-refractivity contribution >= 4 is 23.2 Å². The minimum absolute atomic E-state index is 0.267. The Labute approximate surface area is 169 Å². The summed E-state index contributed by atoms with van der Waals surface area (Å²) >= 11 is 0. The van der Waals surface area contributed by atoms with Gasteiger partial charge in [-0.1, -0.05) is 18.2 Å². The molecule has 1 heterocycles. The molecule has 2 aromatic carbocycles. The first kappa shape index (κ1) is 20.0. The number of aromatic amines is 1. The van der Waals surface area contributed by atoms with Crippen LogP contribution in [0.2, 0.25) is 0 Å². The molecule has 2 amide bonds. The van der Waals surface area contributed by atoms with Gasteiger partial charge >= 0.3 is 0 Å². The molecule has 7 heteroatoms. The highest BCUT2D eigenvalue weighted by molar-refractivity contribution is 6.07. The van der Waals surface area contributed by atoms with Crippen molar-refractivity contribution in [3.05, 3.63) is 72.1 Å². The fourth-order valence-electron chi connectivity index (χ4n) is 2.75. The van der Waals surface area contributed by atoms with E-state index < -0.39 is 0 Å². The summed E-state index contributed by atoms with van der Waals surface area (Å²) in [6.07, 6.45) is 1.67. The van der Waals surface area contributed by atoms with Gasteiger partial charge in [0, 0.05) is 23.9 Å². The zero-order valence-electron chi connectivity index (χ0n) is 16.3. The van der Waals surface area contributed by atoms with Gasteiger partial charge in [0.1, 0.15) is 17.2 Å². The van der Waals surface area contributed by atoms with Gasteiger partial charge in [0.25, 0.3) is 11.8 Å². The number of amides is 2. The van der Waals surface area contributed by atoms with E-state index in [0.717, 1.165) is 0 Å². The van der Waals surface area contributed by atoms with Crippen LogP contribution in [0, 0.1) is 0 Å². The summed E-state index contributed by atoms with van der Waals surface area (Å²) in [5.74, 6) is 0.290. The molecule has 0 radical (unpaired) electrons. The predicted molar refractivity (Wildman–Crippen MR) is 112 cm³/mol. The first-order valence-electron chi connectivity index (χ1n) is 9.37. The van der Waals surface area contributed by atoms with Crippen molar-refractivity contribution in [1.82, 2.24) is 4.98 Å². The van der Waals surface area contributed by atoms with E-state index in [4.69, 9.17) is 9.47 Å². The summed E-state index contributed by atoms with van der Waals surface area (Å²) in [6, 6.07) is 15.6. The summed E-state index contributed by atoms with van der Waals surface area (Å²) in [5.41, 5.74) is 1.86. The molecular weight excluding hydrogens is 370 g/mol. The maximum absolute atomic E-state index is 12.6. The average molecular weight is 393 g/mol. The van der Waals surface area contributed by atoms with Gasteiger partial charge < -0.3 is 25.1 Å². The molecule has 0 spiro atoms. The van der Waals surface area contributed by atoms with Crippen LogP contribution in [0.15, 0.2) is 60.8 Å². The number of aromatic nitrogens is 1. The lowest BCUT2D eigenvalue weighted by molar-refractivity contribution is 0.101. The van der Waals surface area contributed by atoms with Gasteiger partial charge in [0.2, 0.25) is 0 Å². The molecule has 0 aliphatic carbocycles. The molecule has 150 valence electrons. The molecule has 0 unspecified atom stereocenters. The molecular formula is C22H23N3O4. The molecule has 0 aliphatic heterocycles. The average Bonchev–Trinajstić information content (AvgIpc) is 3.27. The van der Waals surface area contributed by atoms with Gasteiger partial charge in [0.05, 0.1) is 24.6 Å². The van der Waals surface area contributed by atoms with Crippen LogP contribution >= 0.6 is 0 Å². The number of hydrogen-bond acceptors (Lipinski definition) is 4. The highest BCUT2D eigenvalue weighted by Crippen LogP contribution is 2.37. The second-order valence-corrected chi connectivity index (χ2v) is 6.07. The van der Waals surface area contributed by atoms with Crippen LogP contribution in [0.5, 0.6) is 11.5 Å². The smallest absolute Gasteiger partial charge is 0.272 e. The Morgan fingerprint density at radius 2 is 1.41 bits per heavy atom. The van der Waals surface area contributed by atoms with Crippen LogP contribution in [-0.4, -0.2) is 30.0 Å². The highest BCUT2D eigenvalue weighted by Gasteiger charge is 2.17. The minimum atomic E-state index is -0.306. The summed E-state index contributed by atoms with van der Waals surface area (Å²) in [5, 5.41) is 5.68. The van der Waals surface area contributed by atoms with Crippen LogP contribution in [0.3, 0.4) is 0 Å². The monoisotopic (exact) mass is 393 g/mol. The normalized spacial score (nSPS) is 10.3. The number of anilines is 2. The van der Waals surface area contributed by atoms with Crippen LogP contribution in [0.1, 0.15) is 34.7 Å². The number of ether oxygens (including phenoxy) is 2. The van der Waals surface area contributed by atoms with Gasteiger partial charge in [-0.15, -0.1) is 0 Å². The SMILES string of the molecule is CCOc1cc(NC(=O)c2ccc[nH]2)c(OCC)cc1NC(=O)c1ccccc1. The molecule has 0 atom stereocenters. The summed E-state index contributed by atoms with van der Waals surface area (Å²) in [4.78, 5) is 27.9. The van der Waals surface area contributed by atoms with Crippen LogP contribution in [0.25, 0.3) is 0 Å². The van der Waals surface area contributed by atoms with E-state index in [0.29, 0.717) is 47.3 Å². The van der Waals surface area contributed by atoms with Crippen molar-refractivity contribution in [3.63, 3.8) is 0 Å². The third-order valence-corrected chi connectivity index (χ3v) is 4.06. The molecule has 0 aliphatic rings. The van der Waals surface area contributed by atoms with E-state index in [-0.39, 0.29) is 11.8 Å². The Balaban J connectivity index is 1.92. The minimum Gasteiger partial charge on any atom is -0.492 e. The van der Waals surface area contributed by atoms with Crippen LogP contribution in [-0.2, 0) is 0 Å². The van der Waals surface area contributed by atoms with Crippen molar-refractivity contribution in [2.45, 2.75) is 13.8 Å². The standard InChI is InChI=1S/C22H23N3O4/c1-3-28-19-14-18(25-22(27)16-11-8-12-23-16)20(29-4-2)13-17(19)24-21(26)15-9-6-5-7-10-15/h5-14,23H,3-4H2,1-2H3,(H,24,26)(H,25,27). The fraction of sp³-hybridized carbons (Fsp3) is 0.182. The molecule has 3 N–H and O–H groups in total. The Morgan fingerprint density at radius 3 is 1.93 bits per heavy atom. The number of carbonyl (C=O) groups excluding carboxylic acids is 2. The zero-order valence-corrected chi connectivity index (χ0v) is 16.3. The summed E-state index contributed by atoms with van der Waals surface area (Å²) in [6.45, 7) is 4.48. The second-order valence-electron chi connectivity index (χ2n) is 6.07. The third kappa shape index (κ3) is 4.95. The first-order valence-corrected chi connectivity index (χ1v) is 9.37. The van der Waals surface area contributed by atoms with Gasteiger partial charge in [-0.05, 0) is 38.1 Å². The van der Waals surface area contributed by atoms with E-state index in [1.54, 1.807) is 54.7 Å². The largest absolute Gasteiger partial charge is 0.492 e. The third-order valence-electron chi connectivity index (χ3n) is 4.06. The lowest BCUT2D eigenvalue weighted by Gasteiger charge is -2.17. The maximum Gasteiger partial charge on any atom is 0.272 e. The number of carbonyl (C=O) groups is 2. The molecule has 7 nitrogen and oxygen atoms in total. The van der Waals surface area contributed by atoms with E-state index in [2.05, 4.69) is 15.6 Å². The predicted octanol–water partition coefficient (Wildman–Crippen LogP) is 4.32. The number of nitrogens with one attached hydrogen (secondary N) is 3. The molecule has 0 saturated carbocycles. The fourth-order valence-corrected chi connectivity index (χ4v) is 2.75. The van der Waals surface area contributed by atoms with Gasteiger partial charge in [0.15, 0.2) is 0 Å². The Kier molecular flexibility index (Phi) is 6.52. The van der Waals surface area contributed by atoms with E-state index in [1.807, 2.05) is 19.9 Å². The number of benzene rings is 2. The molecule has 1 aromatic heterocycles. The quantitative estimate of drug-likeness (QED) is 0.531. The van der Waals surface area contributed by atoms with Gasteiger partial charge in [-0.3, -0.25) is 9.59 Å². The molecule has 3 aromatic rings. The zero-order chi connectivity index (χ0) is 20.6. The topological polar surface area (TPSA) is 92.4 Å². The lowest BCUT2D eigenvalue weighted by atomic mass is 10.2. The molecule has 0 bridgehead atoms. The Hall–Kier alpha value is -3.74. The Morgan fingerprint density at radius 1 is 0.828 bits per heavy atom. The number of H-pyrrole nitrogens is 1. The maximum atomic E-state index is 12.6. The van der Waals surface area contributed by atoms with Crippen molar-refractivity contribution in [2.75, 3.05) is 23.8 Å². The lowest BCUT2D eigenvalue weighted by Crippen LogP contribution is -2.16.